The number of rotatable bonds is 4. The van der Waals surface area contributed by atoms with Gasteiger partial charge in [-0.3, -0.25) is 4.79 Å². The molecule has 0 aromatic heterocycles. The zero-order chi connectivity index (χ0) is 15.5. The van der Waals surface area contributed by atoms with E-state index in [-0.39, 0.29) is 17.1 Å². The van der Waals surface area contributed by atoms with E-state index in [0.717, 1.165) is 12.3 Å². The third-order valence-electron chi connectivity index (χ3n) is 2.64. The summed E-state index contributed by atoms with van der Waals surface area (Å²) in [6.07, 6.45) is 0.912. The predicted octanol–water partition coefficient (Wildman–Crippen LogP) is 0.292. The second-order valence-electron chi connectivity index (χ2n) is 4.14. The van der Waals surface area contributed by atoms with Crippen LogP contribution in [0.15, 0.2) is 23.4 Å². The van der Waals surface area contributed by atoms with Crippen LogP contribution in [-0.4, -0.2) is 36.9 Å². The number of benzene rings is 1. The van der Waals surface area contributed by atoms with Crippen molar-refractivity contribution in [2.45, 2.75) is 12.2 Å². The number of sulfone groups is 1. The Kier molecular flexibility index (Phi) is 4.66. The Morgan fingerprint density at radius 2 is 2.10 bits per heavy atom. The Hall–Kier alpha value is -2.16. The smallest absolute Gasteiger partial charge is 0.242 e. The molecule has 1 amide bonds. The zero-order valence-electron chi connectivity index (χ0n) is 10.8. The minimum atomic E-state index is -3.57. The number of oxime groups is 1. The number of nitrogens with two attached hydrogens (primary N) is 1. The normalized spacial score (nSPS) is 13.8. The zero-order valence-corrected chi connectivity index (χ0v) is 11.6. The highest BCUT2D eigenvalue weighted by molar-refractivity contribution is 7.92. The van der Waals surface area contributed by atoms with Gasteiger partial charge in [0.2, 0.25) is 5.91 Å². The Labute approximate surface area is 115 Å². The van der Waals surface area contributed by atoms with Gasteiger partial charge < -0.3 is 16.3 Å². The van der Waals surface area contributed by atoms with E-state index < -0.39 is 26.8 Å². The van der Waals surface area contributed by atoms with Crippen molar-refractivity contribution < 1.29 is 22.8 Å². The highest BCUT2D eigenvalue weighted by Crippen LogP contribution is 2.16. The molecule has 9 heteroatoms. The molecule has 0 aliphatic carbocycles. The fourth-order valence-corrected chi connectivity index (χ4v) is 1.71. The van der Waals surface area contributed by atoms with Crippen molar-refractivity contribution in [2.24, 2.45) is 10.9 Å². The molecule has 0 radical (unpaired) electrons. The molecule has 0 saturated carbocycles. The summed E-state index contributed by atoms with van der Waals surface area (Å²) in [5.74, 6) is -1.96. The molecule has 0 bridgehead atoms. The molecule has 1 aromatic rings. The van der Waals surface area contributed by atoms with Gasteiger partial charge in [-0.25, -0.2) is 12.8 Å². The van der Waals surface area contributed by atoms with E-state index in [2.05, 4.69) is 10.5 Å². The molecule has 0 aliphatic heterocycles. The van der Waals surface area contributed by atoms with E-state index in [1.807, 2.05) is 0 Å². The molecule has 1 atom stereocenters. The summed E-state index contributed by atoms with van der Waals surface area (Å²) in [6, 6.07) is 3.46. The lowest BCUT2D eigenvalue weighted by atomic mass is 10.2. The first-order valence-corrected chi connectivity index (χ1v) is 7.39. The molecular weight excluding hydrogens is 289 g/mol. The van der Waals surface area contributed by atoms with Crippen LogP contribution >= 0.6 is 0 Å². The van der Waals surface area contributed by atoms with Crippen molar-refractivity contribution in [3.63, 3.8) is 0 Å². The summed E-state index contributed by atoms with van der Waals surface area (Å²) in [6.45, 7) is 1.20. The maximum Gasteiger partial charge on any atom is 0.242 e. The summed E-state index contributed by atoms with van der Waals surface area (Å²) in [5.41, 5.74) is 5.22. The quantitative estimate of drug-likeness (QED) is 0.319. The number of nitrogens with zero attached hydrogens (tertiary/aromatic N) is 1. The average molecular weight is 303 g/mol. The van der Waals surface area contributed by atoms with Crippen molar-refractivity contribution in [2.75, 3.05) is 11.6 Å². The first-order valence-electron chi connectivity index (χ1n) is 5.44. The minimum Gasteiger partial charge on any atom is -0.409 e. The SMILES string of the molecule is CC(C(=O)Nc1ccc(/C(N)=N/O)cc1F)S(C)(=O)=O. The second-order valence-corrected chi connectivity index (χ2v) is 6.51. The first-order chi connectivity index (χ1) is 9.16. The predicted molar refractivity (Wildman–Crippen MR) is 71.8 cm³/mol. The van der Waals surface area contributed by atoms with Crippen molar-refractivity contribution in [1.29, 1.82) is 0 Å². The van der Waals surface area contributed by atoms with Gasteiger partial charge in [-0.05, 0) is 25.1 Å². The van der Waals surface area contributed by atoms with Gasteiger partial charge in [0.1, 0.15) is 11.1 Å². The maximum atomic E-state index is 13.7. The van der Waals surface area contributed by atoms with Gasteiger partial charge in [-0.2, -0.15) is 0 Å². The number of amides is 1. The number of anilines is 1. The van der Waals surface area contributed by atoms with E-state index in [4.69, 9.17) is 10.9 Å². The van der Waals surface area contributed by atoms with Crippen LogP contribution in [0.25, 0.3) is 0 Å². The van der Waals surface area contributed by atoms with Crippen LogP contribution in [0.5, 0.6) is 0 Å². The third kappa shape index (κ3) is 3.67. The van der Waals surface area contributed by atoms with Crippen LogP contribution in [0.1, 0.15) is 12.5 Å². The van der Waals surface area contributed by atoms with Gasteiger partial charge in [0.25, 0.3) is 0 Å². The molecule has 0 saturated heterocycles. The van der Waals surface area contributed by atoms with Crippen LogP contribution in [0.3, 0.4) is 0 Å². The van der Waals surface area contributed by atoms with Crippen molar-refractivity contribution >= 4 is 27.3 Å². The summed E-state index contributed by atoms with van der Waals surface area (Å²) in [7, 11) is -3.57. The van der Waals surface area contributed by atoms with E-state index in [1.54, 1.807) is 0 Å². The first kappa shape index (κ1) is 15.9. The number of hydrogen-bond acceptors (Lipinski definition) is 5. The summed E-state index contributed by atoms with van der Waals surface area (Å²) < 4.78 is 36.1. The molecule has 20 heavy (non-hydrogen) atoms. The van der Waals surface area contributed by atoms with Crippen LogP contribution in [0.4, 0.5) is 10.1 Å². The van der Waals surface area contributed by atoms with Gasteiger partial charge in [-0.15, -0.1) is 0 Å². The number of carbonyl (C=O) groups excluding carboxylic acids is 1. The molecule has 0 fully saturated rings. The number of amidine groups is 1. The molecule has 0 spiro atoms. The molecule has 1 rings (SSSR count). The molecule has 0 heterocycles. The minimum absolute atomic E-state index is 0.124. The number of halogens is 1. The topological polar surface area (TPSA) is 122 Å². The molecule has 7 nitrogen and oxygen atoms in total. The van der Waals surface area contributed by atoms with E-state index in [1.165, 1.54) is 19.1 Å². The standard InChI is InChI=1S/C11H14FN3O4S/c1-6(20(2,18)19)11(16)14-9-4-3-7(5-8(9)12)10(13)15-17/h3-6,17H,1-2H3,(H2,13,15)(H,14,16). The van der Waals surface area contributed by atoms with Gasteiger partial charge in [-0.1, -0.05) is 5.16 Å². The van der Waals surface area contributed by atoms with Gasteiger partial charge in [0.05, 0.1) is 5.69 Å². The van der Waals surface area contributed by atoms with Gasteiger partial charge in [0, 0.05) is 11.8 Å². The summed E-state index contributed by atoms with van der Waals surface area (Å²) in [4.78, 5) is 11.6. The highest BCUT2D eigenvalue weighted by atomic mass is 32.2. The average Bonchev–Trinajstić information content (AvgIpc) is 2.38. The largest absolute Gasteiger partial charge is 0.409 e. The van der Waals surface area contributed by atoms with Gasteiger partial charge in [0.15, 0.2) is 15.7 Å². The molecule has 1 aromatic carbocycles. The lowest BCUT2D eigenvalue weighted by Gasteiger charge is -2.11. The van der Waals surface area contributed by atoms with E-state index in [0.29, 0.717) is 0 Å². The number of hydrogen-bond donors (Lipinski definition) is 3. The van der Waals surface area contributed by atoms with Crippen LogP contribution in [0.2, 0.25) is 0 Å². The summed E-state index contributed by atoms with van der Waals surface area (Å²) in [5, 5.41) is 12.0. The van der Waals surface area contributed by atoms with Crippen LogP contribution < -0.4 is 11.1 Å². The molecular formula is C11H14FN3O4S. The Morgan fingerprint density at radius 1 is 1.50 bits per heavy atom. The lowest BCUT2D eigenvalue weighted by molar-refractivity contribution is -0.115. The van der Waals surface area contributed by atoms with Crippen LogP contribution in [0, 0.1) is 5.82 Å². The van der Waals surface area contributed by atoms with E-state index >= 15 is 0 Å². The monoisotopic (exact) mass is 303 g/mol. The maximum absolute atomic E-state index is 13.7. The van der Waals surface area contributed by atoms with Crippen molar-refractivity contribution in [1.82, 2.24) is 0 Å². The summed E-state index contributed by atoms with van der Waals surface area (Å²) >= 11 is 0. The van der Waals surface area contributed by atoms with Crippen molar-refractivity contribution in [3.8, 4) is 0 Å². The molecule has 110 valence electrons. The Bertz CT molecular complexity index is 658. The Morgan fingerprint density at radius 3 is 2.55 bits per heavy atom. The lowest BCUT2D eigenvalue weighted by Crippen LogP contribution is -2.32. The number of nitrogens with one attached hydrogen (secondary N) is 1. The van der Waals surface area contributed by atoms with Crippen molar-refractivity contribution in [3.05, 3.63) is 29.6 Å². The fourth-order valence-electron chi connectivity index (χ4n) is 1.26. The third-order valence-corrected chi connectivity index (χ3v) is 4.14. The fraction of sp³-hybridized carbons (Fsp3) is 0.273. The number of carbonyl (C=O) groups is 1. The molecule has 0 aliphatic rings. The van der Waals surface area contributed by atoms with E-state index in [9.17, 15) is 17.6 Å². The van der Waals surface area contributed by atoms with Crippen LogP contribution in [-0.2, 0) is 14.6 Å². The molecule has 4 N–H and O–H groups in total. The second kappa shape index (κ2) is 5.87. The van der Waals surface area contributed by atoms with Gasteiger partial charge >= 0.3 is 0 Å². The molecule has 1 unspecified atom stereocenters. The highest BCUT2D eigenvalue weighted by Gasteiger charge is 2.24. The Balaban J connectivity index is 2.98.